The highest BCUT2D eigenvalue weighted by Gasteiger charge is 2.23. The molecular weight excluding hydrogens is 264 g/mol. The summed E-state index contributed by atoms with van der Waals surface area (Å²) in [6.45, 7) is 0. The summed E-state index contributed by atoms with van der Waals surface area (Å²) in [5, 5.41) is 1.99. The van der Waals surface area contributed by atoms with Crippen LogP contribution in [0.3, 0.4) is 0 Å². The molecule has 2 atom stereocenters. The molecule has 0 aliphatic carbocycles. The summed E-state index contributed by atoms with van der Waals surface area (Å²) in [5.74, 6) is 5.51. The second kappa shape index (κ2) is 5.85. The molecule has 0 aromatic carbocycles. The zero-order valence-corrected chi connectivity index (χ0v) is 11.3. The molecule has 2 unspecified atom stereocenters. The normalized spacial score (nSPS) is 32.0. The van der Waals surface area contributed by atoms with Gasteiger partial charge in [0.1, 0.15) is 0 Å². The molecule has 12 heavy (non-hydrogen) atoms. The van der Waals surface area contributed by atoms with Gasteiger partial charge in [-0.2, -0.15) is 23.5 Å². The standard InChI is InChI=1S/C6H10S6/c1-5(7-1)3-9-11-12-10-4-6-2-8-6/h5-6H,1-4H2. The summed E-state index contributed by atoms with van der Waals surface area (Å²) in [6, 6.07) is 0. The molecular formula is C6H10S6. The van der Waals surface area contributed by atoms with Gasteiger partial charge in [-0.25, -0.2) is 0 Å². The zero-order valence-electron chi connectivity index (χ0n) is 6.43. The van der Waals surface area contributed by atoms with Crippen LogP contribution in [0, 0.1) is 0 Å². The van der Waals surface area contributed by atoms with Gasteiger partial charge < -0.3 is 0 Å². The molecule has 70 valence electrons. The van der Waals surface area contributed by atoms with E-state index in [0.29, 0.717) is 0 Å². The molecule has 0 N–H and O–H groups in total. The predicted octanol–water partition coefficient (Wildman–Crippen LogP) is 3.90. The average Bonchev–Trinajstić information content (AvgIpc) is 2.89. The summed E-state index contributed by atoms with van der Waals surface area (Å²) in [4.78, 5) is 0. The average molecular weight is 275 g/mol. The zero-order chi connectivity index (χ0) is 8.23. The van der Waals surface area contributed by atoms with E-state index >= 15 is 0 Å². The van der Waals surface area contributed by atoms with Crippen molar-refractivity contribution in [3.05, 3.63) is 0 Å². The van der Waals surface area contributed by atoms with Crippen LogP contribution in [0.4, 0.5) is 0 Å². The minimum Gasteiger partial charge on any atom is -0.156 e. The first-order chi connectivity index (χ1) is 5.95. The largest absolute Gasteiger partial charge is 0.156 e. The van der Waals surface area contributed by atoms with Crippen LogP contribution in [-0.4, -0.2) is 33.5 Å². The maximum atomic E-state index is 2.09. The van der Waals surface area contributed by atoms with Crippen molar-refractivity contribution in [3.63, 3.8) is 0 Å². The van der Waals surface area contributed by atoms with E-state index in [1.807, 2.05) is 41.2 Å². The smallest absolute Gasteiger partial charge is 0.0237 e. The molecule has 2 fully saturated rings. The monoisotopic (exact) mass is 274 g/mol. The Morgan fingerprint density at radius 1 is 0.917 bits per heavy atom. The Kier molecular flexibility index (Phi) is 5.18. The molecule has 2 rings (SSSR count). The lowest BCUT2D eigenvalue weighted by Crippen LogP contribution is -1.83. The molecule has 6 heteroatoms. The number of hydrogen-bond donors (Lipinski definition) is 0. The molecule has 0 radical (unpaired) electrons. The molecule has 2 heterocycles. The van der Waals surface area contributed by atoms with Crippen molar-refractivity contribution in [2.45, 2.75) is 10.5 Å². The lowest BCUT2D eigenvalue weighted by molar-refractivity contribution is 1.28. The fraction of sp³-hybridized carbons (Fsp3) is 1.00. The van der Waals surface area contributed by atoms with E-state index in [-0.39, 0.29) is 0 Å². The maximum Gasteiger partial charge on any atom is 0.0237 e. The van der Waals surface area contributed by atoms with Gasteiger partial charge in [0.25, 0.3) is 0 Å². The van der Waals surface area contributed by atoms with Gasteiger partial charge in [0.15, 0.2) is 0 Å². The molecule has 0 amide bonds. The van der Waals surface area contributed by atoms with Gasteiger partial charge in [-0.3, -0.25) is 0 Å². The van der Waals surface area contributed by atoms with E-state index in [1.54, 1.807) is 0 Å². The third-order valence-electron chi connectivity index (χ3n) is 1.44. The molecule has 2 aliphatic heterocycles. The van der Waals surface area contributed by atoms with Crippen molar-refractivity contribution in [2.24, 2.45) is 0 Å². The molecule has 0 aromatic rings. The van der Waals surface area contributed by atoms with Crippen molar-refractivity contribution >= 4 is 64.8 Å². The highest BCUT2D eigenvalue weighted by molar-refractivity contribution is 9.26. The van der Waals surface area contributed by atoms with Crippen LogP contribution in [0.15, 0.2) is 0 Å². The van der Waals surface area contributed by atoms with Gasteiger partial charge in [-0.1, -0.05) is 21.6 Å². The molecule has 2 saturated heterocycles. The first-order valence-corrected chi connectivity index (χ1v) is 11.0. The molecule has 0 aromatic heterocycles. The summed E-state index contributed by atoms with van der Waals surface area (Å²) in [7, 11) is 7.98. The van der Waals surface area contributed by atoms with Gasteiger partial charge >= 0.3 is 0 Å². The Labute approximate surface area is 97.5 Å². The van der Waals surface area contributed by atoms with Gasteiger partial charge in [0, 0.05) is 33.5 Å². The van der Waals surface area contributed by atoms with E-state index in [1.165, 1.54) is 23.0 Å². The van der Waals surface area contributed by atoms with Crippen LogP contribution in [0.5, 0.6) is 0 Å². The number of rotatable bonds is 7. The molecule has 0 nitrogen and oxygen atoms in total. The third kappa shape index (κ3) is 5.10. The van der Waals surface area contributed by atoms with Crippen molar-refractivity contribution < 1.29 is 0 Å². The van der Waals surface area contributed by atoms with Gasteiger partial charge in [-0.05, 0) is 19.7 Å². The lowest BCUT2D eigenvalue weighted by atomic mass is 10.6. The highest BCUT2D eigenvalue weighted by Crippen LogP contribution is 2.48. The van der Waals surface area contributed by atoms with E-state index in [4.69, 9.17) is 0 Å². The van der Waals surface area contributed by atoms with Gasteiger partial charge in [0.05, 0.1) is 0 Å². The van der Waals surface area contributed by atoms with Crippen LogP contribution in [-0.2, 0) is 0 Å². The lowest BCUT2D eigenvalue weighted by Gasteiger charge is -1.96. The Bertz CT molecular complexity index is 116. The van der Waals surface area contributed by atoms with E-state index in [2.05, 4.69) is 23.5 Å². The first kappa shape index (κ1) is 10.6. The highest BCUT2D eigenvalue weighted by atomic mass is 33.7. The Morgan fingerprint density at radius 2 is 1.33 bits per heavy atom. The van der Waals surface area contributed by atoms with Crippen molar-refractivity contribution in [1.29, 1.82) is 0 Å². The third-order valence-corrected chi connectivity index (χ3v) is 10.4. The predicted molar refractivity (Wildman–Crippen MR) is 72.6 cm³/mol. The summed E-state index contributed by atoms with van der Waals surface area (Å²) < 4.78 is 0. The summed E-state index contributed by atoms with van der Waals surface area (Å²) >= 11 is 4.19. The number of thioether (sulfide) groups is 2. The van der Waals surface area contributed by atoms with Crippen LogP contribution in [0.1, 0.15) is 0 Å². The molecule has 2 aliphatic rings. The van der Waals surface area contributed by atoms with E-state index in [9.17, 15) is 0 Å². The van der Waals surface area contributed by atoms with Crippen molar-refractivity contribution in [1.82, 2.24) is 0 Å². The maximum absolute atomic E-state index is 2.09. The fourth-order valence-electron chi connectivity index (χ4n) is 0.575. The number of hydrogen-bond acceptors (Lipinski definition) is 6. The topological polar surface area (TPSA) is 0 Å². The van der Waals surface area contributed by atoms with Gasteiger partial charge in [0.2, 0.25) is 0 Å². The Hall–Kier alpha value is 2.10. The van der Waals surface area contributed by atoms with Crippen LogP contribution in [0.2, 0.25) is 0 Å². The minimum absolute atomic E-state index is 0.993. The fourth-order valence-corrected chi connectivity index (χ4v) is 9.19. The molecule has 0 bridgehead atoms. The summed E-state index contributed by atoms with van der Waals surface area (Å²) in [6.07, 6.45) is 0. The quantitative estimate of drug-likeness (QED) is 0.389. The van der Waals surface area contributed by atoms with Crippen LogP contribution >= 0.6 is 64.8 Å². The SMILES string of the molecule is C(SSSSCC1CS1)C1CS1. The van der Waals surface area contributed by atoms with Gasteiger partial charge in [-0.15, -0.1) is 0 Å². The van der Waals surface area contributed by atoms with E-state index < -0.39 is 0 Å². The summed E-state index contributed by atoms with van der Waals surface area (Å²) in [5.41, 5.74) is 0. The molecule has 0 spiro atoms. The van der Waals surface area contributed by atoms with Crippen molar-refractivity contribution in [2.75, 3.05) is 23.0 Å². The van der Waals surface area contributed by atoms with Crippen molar-refractivity contribution in [3.8, 4) is 0 Å². The minimum atomic E-state index is 0.993. The Morgan fingerprint density at radius 3 is 1.67 bits per heavy atom. The molecule has 0 saturated carbocycles. The van der Waals surface area contributed by atoms with E-state index in [0.717, 1.165) is 10.5 Å². The Balaban J connectivity index is 1.31. The second-order valence-electron chi connectivity index (χ2n) is 2.62. The first-order valence-electron chi connectivity index (χ1n) is 3.76. The second-order valence-corrected chi connectivity index (χ2v) is 11.4. The van der Waals surface area contributed by atoms with Crippen LogP contribution in [0.25, 0.3) is 0 Å². The van der Waals surface area contributed by atoms with Crippen LogP contribution < -0.4 is 0 Å².